The molecule has 0 aliphatic rings. The SMILES string of the molecule is COC(=O)C(C)OC(=O)c1ccc(Br)c(N)c1. The number of esters is 2. The van der Waals surface area contributed by atoms with Crippen molar-refractivity contribution in [3.8, 4) is 0 Å². The van der Waals surface area contributed by atoms with Crippen LogP contribution in [0.25, 0.3) is 0 Å². The van der Waals surface area contributed by atoms with E-state index in [2.05, 4.69) is 20.7 Å². The Morgan fingerprint density at radius 1 is 1.41 bits per heavy atom. The topological polar surface area (TPSA) is 78.6 Å². The monoisotopic (exact) mass is 301 g/mol. The van der Waals surface area contributed by atoms with Gasteiger partial charge in [0.2, 0.25) is 0 Å². The Balaban J connectivity index is 2.76. The van der Waals surface area contributed by atoms with E-state index in [0.29, 0.717) is 10.2 Å². The van der Waals surface area contributed by atoms with E-state index in [1.165, 1.54) is 20.1 Å². The van der Waals surface area contributed by atoms with E-state index in [9.17, 15) is 9.59 Å². The summed E-state index contributed by atoms with van der Waals surface area (Å²) in [4.78, 5) is 22.7. The van der Waals surface area contributed by atoms with Crippen molar-refractivity contribution in [2.24, 2.45) is 0 Å². The number of rotatable bonds is 3. The Hall–Kier alpha value is -1.56. The zero-order chi connectivity index (χ0) is 13.0. The minimum Gasteiger partial charge on any atom is -0.466 e. The van der Waals surface area contributed by atoms with Crippen LogP contribution in [0.3, 0.4) is 0 Å². The average Bonchev–Trinajstić information content (AvgIpc) is 2.31. The molecule has 0 amide bonds. The highest BCUT2D eigenvalue weighted by Crippen LogP contribution is 2.20. The molecule has 2 N–H and O–H groups in total. The molecule has 0 fully saturated rings. The molecule has 1 aromatic rings. The zero-order valence-corrected chi connectivity index (χ0v) is 11.0. The number of nitrogens with two attached hydrogens (primary N) is 1. The highest BCUT2D eigenvalue weighted by Gasteiger charge is 2.19. The van der Waals surface area contributed by atoms with Crippen molar-refractivity contribution < 1.29 is 19.1 Å². The highest BCUT2D eigenvalue weighted by atomic mass is 79.9. The number of nitrogen functional groups attached to an aromatic ring is 1. The molecule has 0 spiro atoms. The lowest BCUT2D eigenvalue weighted by Crippen LogP contribution is -2.25. The zero-order valence-electron chi connectivity index (χ0n) is 9.40. The molecule has 17 heavy (non-hydrogen) atoms. The third kappa shape index (κ3) is 3.45. The Morgan fingerprint density at radius 2 is 2.06 bits per heavy atom. The molecule has 0 saturated heterocycles. The molecule has 1 rings (SSSR count). The number of methoxy groups -OCH3 is 1. The molecule has 6 heteroatoms. The van der Waals surface area contributed by atoms with Crippen LogP contribution in [-0.4, -0.2) is 25.2 Å². The number of carbonyl (C=O) groups excluding carboxylic acids is 2. The van der Waals surface area contributed by atoms with Gasteiger partial charge in [0.1, 0.15) is 0 Å². The van der Waals surface area contributed by atoms with Crippen molar-refractivity contribution in [2.45, 2.75) is 13.0 Å². The standard InChI is InChI=1S/C11H12BrNO4/c1-6(10(14)16-2)17-11(15)7-3-4-8(12)9(13)5-7/h3-6H,13H2,1-2H3. The number of carbonyl (C=O) groups is 2. The number of anilines is 1. The molecular formula is C11H12BrNO4. The van der Waals surface area contributed by atoms with E-state index in [1.54, 1.807) is 12.1 Å². The van der Waals surface area contributed by atoms with Gasteiger partial charge in [0.05, 0.1) is 12.7 Å². The summed E-state index contributed by atoms with van der Waals surface area (Å²) >= 11 is 3.21. The van der Waals surface area contributed by atoms with Gasteiger partial charge in [-0.15, -0.1) is 0 Å². The molecule has 0 saturated carbocycles. The molecular weight excluding hydrogens is 290 g/mol. The van der Waals surface area contributed by atoms with Crippen LogP contribution in [0, 0.1) is 0 Å². The maximum Gasteiger partial charge on any atom is 0.346 e. The van der Waals surface area contributed by atoms with Crippen LogP contribution in [0.4, 0.5) is 5.69 Å². The summed E-state index contributed by atoms with van der Waals surface area (Å²) in [6.07, 6.45) is -0.947. The van der Waals surface area contributed by atoms with Crippen molar-refractivity contribution >= 4 is 33.6 Å². The number of ether oxygens (including phenoxy) is 2. The minimum atomic E-state index is -0.947. The highest BCUT2D eigenvalue weighted by molar-refractivity contribution is 9.10. The van der Waals surface area contributed by atoms with E-state index >= 15 is 0 Å². The second-order valence-corrected chi connectivity index (χ2v) is 4.16. The molecule has 1 atom stereocenters. The van der Waals surface area contributed by atoms with Crippen molar-refractivity contribution in [1.29, 1.82) is 0 Å². The van der Waals surface area contributed by atoms with Gasteiger partial charge in [-0.3, -0.25) is 0 Å². The van der Waals surface area contributed by atoms with Crippen LogP contribution >= 0.6 is 15.9 Å². The summed E-state index contributed by atoms with van der Waals surface area (Å²) in [7, 11) is 1.23. The lowest BCUT2D eigenvalue weighted by Gasteiger charge is -2.11. The summed E-state index contributed by atoms with van der Waals surface area (Å²) in [6, 6.07) is 4.65. The maximum absolute atomic E-state index is 11.6. The third-order valence-corrected chi connectivity index (χ3v) is 2.77. The number of hydrogen-bond donors (Lipinski definition) is 1. The van der Waals surface area contributed by atoms with Gasteiger partial charge >= 0.3 is 11.9 Å². The van der Waals surface area contributed by atoms with E-state index in [1.807, 2.05) is 0 Å². The second kappa shape index (κ2) is 5.67. The molecule has 92 valence electrons. The van der Waals surface area contributed by atoms with E-state index in [4.69, 9.17) is 10.5 Å². The first-order chi connectivity index (χ1) is 7.95. The summed E-state index contributed by atoms with van der Waals surface area (Å²) in [5.74, 6) is -1.23. The van der Waals surface area contributed by atoms with Crippen molar-refractivity contribution in [3.63, 3.8) is 0 Å². The summed E-state index contributed by atoms with van der Waals surface area (Å²) < 4.78 is 10.0. The number of benzene rings is 1. The Kier molecular flexibility index (Phi) is 4.51. The first-order valence-corrected chi connectivity index (χ1v) is 5.59. The smallest absolute Gasteiger partial charge is 0.346 e. The molecule has 0 aliphatic carbocycles. The fraction of sp³-hybridized carbons (Fsp3) is 0.273. The maximum atomic E-state index is 11.6. The molecule has 0 radical (unpaired) electrons. The van der Waals surface area contributed by atoms with Crippen molar-refractivity contribution in [1.82, 2.24) is 0 Å². The van der Waals surface area contributed by atoms with Gasteiger partial charge in [-0.05, 0) is 41.1 Å². The normalized spacial score (nSPS) is 11.7. The van der Waals surface area contributed by atoms with Crippen molar-refractivity contribution in [2.75, 3.05) is 12.8 Å². The average molecular weight is 302 g/mol. The Bertz CT molecular complexity index is 447. The van der Waals surface area contributed by atoms with Gasteiger partial charge < -0.3 is 15.2 Å². The lowest BCUT2D eigenvalue weighted by molar-refractivity contribution is -0.149. The van der Waals surface area contributed by atoms with Crippen LogP contribution in [0.15, 0.2) is 22.7 Å². The van der Waals surface area contributed by atoms with Crippen molar-refractivity contribution in [3.05, 3.63) is 28.2 Å². The molecule has 0 aliphatic heterocycles. The van der Waals surface area contributed by atoms with Crippen LogP contribution in [0.5, 0.6) is 0 Å². The largest absolute Gasteiger partial charge is 0.466 e. The summed E-state index contributed by atoms with van der Waals surface area (Å²) in [5.41, 5.74) is 6.33. The molecule has 0 bridgehead atoms. The van der Waals surface area contributed by atoms with Crippen LogP contribution in [0.1, 0.15) is 17.3 Å². The van der Waals surface area contributed by atoms with E-state index < -0.39 is 18.0 Å². The molecule has 1 aromatic carbocycles. The quantitative estimate of drug-likeness (QED) is 0.680. The van der Waals surface area contributed by atoms with E-state index in [-0.39, 0.29) is 5.56 Å². The van der Waals surface area contributed by atoms with Gasteiger partial charge in [0.15, 0.2) is 6.10 Å². The first-order valence-electron chi connectivity index (χ1n) is 4.79. The fourth-order valence-corrected chi connectivity index (χ4v) is 1.36. The summed E-state index contributed by atoms with van der Waals surface area (Å²) in [6.45, 7) is 1.44. The van der Waals surface area contributed by atoms with Crippen LogP contribution in [0.2, 0.25) is 0 Å². The van der Waals surface area contributed by atoms with Gasteiger partial charge in [-0.1, -0.05) is 0 Å². The fourth-order valence-electron chi connectivity index (χ4n) is 1.11. The second-order valence-electron chi connectivity index (χ2n) is 3.31. The Labute approximate surface area is 107 Å². The molecule has 1 unspecified atom stereocenters. The van der Waals surface area contributed by atoms with Gasteiger partial charge in [-0.25, -0.2) is 9.59 Å². The lowest BCUT2D eigenvalue weighted by atomic mass is 10.2. The van der Waals surface area contributed by atoms with Gasteiger partial charge in [0.25, 0.3) is 0 Å². The summed E-state index contributed by atoms with van der Waals surface area (Å²) in [5, 5.41) is 0. The third-order valence-electron chi connectivity index (χ3n) is 2.05. The van der Waals surface area contributed by atoms with Crippen LogP contribution in [-0.2, 0) is 14.3 Å². The molecule has 5 nitrogen and oxygen atoms in total. The van der Waals surface area contributed by atoms with Crippen LogP contribution < -0.4 is 5.73 Å². The van der Waals surface area contributed by atoms with Gasteiger partial charge in [-0.2, -0.15) is 0 Å². The predicted molar refractivity (Wildman–Crippen MR) is 65.4 cm³/mol. The number of halogens is 1. The predicted octanol–water partition coefficient (Wildman–Crippen LogP) is 1.75. The Morgan fingerprint density at radius 3 is 2.59 bits per heavy atom. The minimum absolute atomic E-state index is 0.279. The van der Waals surface area contributed by atoms with E-state index in [0.717, 1.165) is 0 Å². The molecule has 0 heterocycles. The van der Waals surface area contributed by atoms with Gasteiger partial charge in [0, 0.05) is 10.2 Å². The number of hydrogen-bond acceptors (Lipinski definition) is 5. The molecule has 0 aromatic heterocycles. The first kappa shape index (κ1) is 13.5.